The zero-order valence-electron chi connectivity index (χ0n) is 15.5. The third kappa shape index (κ3) is 3.31. The number of amides is 1. The van der Waals surface area contributed by atoms with Gasteiger partial charge in [-0.15, -0.1) is 0 Å². The summed E-state index contributed by atoms with van der Waals surface area (Å²) in [5.41, 5.74) is 1.10. The van der Waals surface area contributed by atoms with Gasteiger partial charge in [0.05, 0.1) is 18.1 Å². The molecule has 1 amide bonds. The Morgan fingerprint density at radius 3 is 2.40 bits per heavy atom. The Labute approximate surface area is 149 Å². The van der Waals surface area contributed by atoms with Gasteiger partial charge in [-0.2, -0.15) is 0 Å². The number of likely N-dealkylation sites (tertiary alicyclic amines) is 1. The van der Waals surface area contributed by atoms with E-state index in [2.05, 4.69) is 14.9 Å². The van der Waals surface area contributed by atoms with Crippen molar-refractivity contribution in [3.8, 4) is 0 Å². The van der Waals surface area contributed by atoms with Gasteiger partial charge in [0.25, 0.3) is 0 Å². The first kappa shape index (κ1) is 16.6. The standard InChI is InChI=1S/C19H28N4O2/c1-18(2,3)25-17(24)22-10-14(11-22)15-8-21-16(9-20-15)23-12-19(13-23)6-4-5-7-19/h8-9,14H,4-7,10-13H2,1-3H3. The van der Waals surface area contributed by atoms with Crippen LogP contribution in [0.2, 0.25) is 0 Å². The minimum absolute atomic E-state index is 0.240. The lowest BCUT2D eigenvalue weighted by Crippen LogP contribution is -2.55. The van der Waals surface area contributed by atoms with Crippen molar-refractivity contribution in [2.75, 3.05) is 31.1 Å². The van der Waals surface area contributed by atoms with Crippen LogP contribution in [0, 0.1) is 5.41 Å². The molecule has 0 radical (unpaired) electrons. The summed E-state index contributed by atoms with van der Waals surface area (Å²) in [6, 6.07) is 0. The van der Waals surface area contributed by atoms with Crippen LogP contribution in [0.4, 0.5) is 10.6 Å². The van der Waals surface area contributed by atoms with Crippen LogP contribution in [-0.4, -0.2) is 52.7 Å². The molecule has 1 spiro atoms. The molecule has 2 aliphatic heterocycles. The second-order valence-corrected chi connectivity index (χ2v) is 8.94. The summed E-state index contributed by atoms with van der Waals surface area (Å²) in [5.74, 6) is 1.26. The summed E-state index contributed by atoms with van der Waals surface area (Å²) in [7, 11) is 0. The maximum absolute atomic E-state index is 12.0. The van der Waals surface area contributed by atoms with Crippen molar-refractivity contribution in [2.45, 2.75) is 58.0 Å². The summed E-state index contributed by atoms with van der Waals surface area (Å²) in [6.07, 6.45) is 9.05. The molecule has 6 heteroatoms. The number of rotatable bonds is 2. The fourth-order valence-electron chi connectivity index (χ4n) is 4.21. The zero-order valence-corrected chi connectivity index (χ0v) is 15.5. The second-order valence-electron chi connectivity index (χ2n) is 8.94. The van der Waals surface area contributed by atoms with Crippen LogP contribution in [0.25, 0.3) is 0 Å². The molecule has 3 heterocycles. The summed E-state index contributed by atoms with van der Waals surface area (Å²) >= 11 is 0. The lowest BCUT2D eigenvalue weighted by atomic mass is 9.78. The molecule has 3 fully saturated rings. The first-order chi connectivity index (χ1) is 11.8. The lowest BCUT2D eigenvalue weighted by Gasteiger charge is -2.49. The van der Waals surface area contributed by atoms with E-state index >= 15 is 0 Å². The Kier molecular flexibility index (Phi) is 3.89. The monoisotopic (exact) mass is 344 g/mol. The smallest absolute Gasteiger partial charge is 0.410 e. The third-order valence-corrected chi connectivity index (χ3v) is 5.65. The largest absolute Gasteiger partial charge is 0.444 e. The van der Waals surface area contributed by atoms with Gasteiger partial charge in [-0.25, -0.2) is 9.78 Å². The maximum atomic E-state index is 12.0. The van der Waals surface area contributed by atoms with Crippen molar-refractivity contribution in [3.05, 3.63) is 18.1 Å². The fourth-order valence-corrected chi connectivity index (χ4v) is 4.21. The highest BCUT2D eigenvalue weighted by Gasteiger charge is 2.45. The van der Waals surface area contributed by atoms with Crippen LogP contribution in [-0.2, 0) is 4.74 Å². The number of carbonyl (C=O) groups is 1. The highest BCUT2D eigenvalue weighted by atomic mass is 16.6. The Hall–Kier alpha value is -1.85. The maximum Gasteiger partial charge on any atom is 0.410 e. The first-order valence-corrected chi connectivity index (χ1v) is 9.38. The highest BCUT2D eigenvalue weighted by molar-refractivity contribution is 5.69. The fraction of sp³-hybridized carbons (Fsp3) is 0.737. The van der Waals surface area contributed by atoms with Gasteiger partial charge in [0, 0.05) is 37.5 Å². The quantitative estimate of drug-likeness (QED) is 0.825. The van der Waals surface area contributed by atoms with E-state index in [1.54, 1.807) is 4.90 Å². The van der Waals surface area contributed by atoms with Crippen LogP contribution in [0.3, 0.4) is 0 Å². The van der Waals surface area contributed by atoms with E-state index in [0.29, 0.717) is 18.5 Å². The highest BCUT2D eigenvalue weighted by Crippen LogP contribution is 2.46. The molecule has 25 heavy (non-hydrogen) atoms. The van der Waals surface area contributed by atoms with Gasteiger partial charge in [-0.05, 0) is 33.6 Å². The topological polar surface area (TPSA) is 58.6 Å². The molecule has 4 rings (SSSR count). The van der Waals surface area contributed by atoms with Gasteiger partial charge in [-0.1, -0.05) is 12.8 Å². The molecule has 2 saturated heterocycles. The normalized spacial score (nSPS) is 22.7. The molecule has 1 saturated carbocycles. The average Bonchev–Trinajstić information content (AvgIpc) is 2.93. The first-order valence-electron chi connectivity index (χ1n) is 9.38. The molecular weight excluding hydrogens is 316 g/mol. The van der Waals surface area contributed by atoms with E-state index in [9.17, 15) is 4.79 Å². The summed E-state index contributed by atoms with van der Waals surface area (Å²) in [5, 5.41) is 0. The molecule has 136 valence electrons. The van der Waals surface area contributed by atoms with Crippen molar-refractivity contribution >= 4 is 11.9 Å². The third-order valence-electron chi connectivity index (χ3n) is 5.65. The number of carbonyl (C=O) groups excluding carboxylic acids is 1. The number of hydrogen-bond donors (Lipinski definition) is 0. The van der Waals surface area contributed by atoms with Gasteiger partial charge in [0.1, 0.15) is 11.4 Å². The number of anilines is 1. The second kappa shape index (κ2) is 5.85. The van der Waals surface area contributed by atoms with Crippen LogP contribution in [0.15, 0.2) is 12.4 Å². The van der Waals surface area contributed by atoms with Gasteiger partial charge in [0.15, 0.2) is 0 Å². The van der Waals surface area contributed by atoms with Crippen molar-refractivity contribution in [3.63, 3.8) is 0 Å². The molecule has 0 aromatic carbocycles. The van der Waals surface area contributed by atoms with Crippen molar-refractivity contribution in [2.24, 2.45) is 5.41 Å². The molecule has 0 N–H and O–H groups in total. The van der Waals surface area contributed by atoms with Crippen LogP contribution >= 0.6 is 0 Å². The Morgan fingerprint density at radius 2 is 1.84 bits per heavy atom. The molecule has 0 atom stereocenters. The van der Waals surface area contributed by atoms with Crippen molar-refractivity contribution < 1.29 is 9.53 Å². The van der Waals surface area contributed by atoms with E-state index in [1.165, 1.54) is 25.7 Å². The molecule has 1 aromatic heterocycles. The average molecular weight is 344 g/mol. The lowest BCUT2D eigenvalue weighted by molar-refractivity contribution is 0.00784. The predicted molar refractivity (Wildman–Crippen MR) is 95.7 cm³/mol. The Balaban J connectivity index is 1.28. The van der Waals surface area contributed by atoms with Crippen LogP contribution in [0.5, 0.6) is 0 Å². The van der Waals surface area contributed by atoms with Crippen molar-refractivity contribution in [1.29, 1.82) is 0 Å². The number of nitrogens with zero attached hydrogens (tertiary/aromatic N) is 4. The number of hydrogen-bond acceptors (Lipinski definition) is 5. The van der Waals surface area contributed by atoms with E-state index < -0.39 is 5.60 Å². The van der Waals surface area contributed by atoms with E-state index in [0.717, 1.165) is 24.6 Å². The number of ether oxygens (including phenoxy) is 1. The molecule has 3 aliphatic rings. The minimum Gasteiger partial charge on any atom is -0.444 e. The summed E-state index contributed by atoms with van der Waals surface area (Å²) in [6.45, 7) is 9.26. The van der Waals surface area contributed by atoms with Gasteiger partial charge in [0.2, 0.25) is 0 Å². The summed E-state index contributed by atoms with van der Waals surface area (Å²) < 4.78 is 5.39. The molecule has 0 bridgehead atoms. The number of aromatic nitrogens is 2. The molecule has 6 nitrogen and oxygen atoms in total. The zero-order chi connectivity index (χ0) is 17.7. The van der Waals surface area contributed by atoms with Gasteiger partial charge >= 0.3 is 6.09 Å². The van der Waals surface area contributed by atoms with Gasteiger partial charge < -0.3 is 14.5 Å². The van der Waals surface area contributed by atoms with E-state index in [1.807, 2.05) is 33.2 Å². The minimum atomic E-state index is -0.447. The SMILES string of the molecule is CC(C)(C)OC(=O)N1CC(c2cnc(N3CC4(CCCC4)C3)cn2)C1. The summed E-state index contributed by atoms with van der Waals surface area (Å²) in [4.78, 5) is 25.3. The van der Waals surface area contributed by atoms with Crippen LogP contribution < -0.4 is 4.90 Å². The molecule has 1 aromatic rings. The molecule has 1 aliphatic carbocycles. The predicted octanol–water partition coefficient (Wildman–Crippen LogP) is 3.19. The molecular formula is C19H28N4O2. The van der Waals surface area contributed by atoms with E-state index in [4.69, 9.17) is 4.74 Å². The van der Waals surface area contributed by atoms with Gasteiger partial charge in [-0.3, -0.25) is 4.98 Å². The van der Waals surface area contributed by atoms with Crippen LogP contribution in [0.1, 0.15) is 58.1 Å². The molecule has 0 unspecified atom stereocenters. The Morgan fingerprint density at radius 1 is 1.16 bits per heavy atom. The van der Waals surface area contributed by atoms with E-state index in [-0.39, 0.29) is 12.0 Å². The van der Waals surface area contributed by atoms with Crippen molar-refractivity contribution in [1.82, 2.24) is 14.9 Å². The Bertz CT molecular complexity index is 632.